The molecule has 0 heterocycles. The lowest BCUT2D eigenvalue weighted by Gasteiger charge is -2.26. The quantitative estimate of drug-likeness (QED) is 0.737. The van der Waals surface area contributed by atoms with Crippen molar-refractivity contribution in [1.29, 1.82) is 0 Å². The monoisotopic (exact) mass is 198 g/mol. The van der Waals surface area contributed by atoms with Gasteiger partial charge in [-0.25, -0.2) is 8.78 Å². The number of halogens is 2. The highest BCUT2D eigenvalue weighted by atomic mass is 19.3. The van der Waals surface area contributed by atoms with Crippen molar-refractivity contribution >= 4 is 0 Å². The van der Waals surface area contributed by atoms with Crippen molar-refractivity contribution in [2.45, 2.75) is 18.4 Å². The van der Waals surface area contributed by atoms with Crippen LogP contribution in [0.2, 0.25) is 0 Å². The van der Waals surface area contributed by atoms with E-state index < -0.39 is 12.0 Å². The van der Waals surface area contributed by atoms with E-state index in [1.807, 2.05) is 0 Å². The molecule has 0 bridgehead atoms. The Kier molecular flexibility index (Phi) is 3.36. The molecule has 0 amide bonds. The van der Waals surface area contributed by atoms with E-state index in [-0.39, 0.29) is 12.0 Å². The van der Waals surface area contributed by atoms with E-state index in [0.29, 0.717) is 0 Å². The summed E-state index contributed by atoms with van der Waals surface area (Å²) in [6, 6.07) is 7.91. The molecular formula is C11H12F2O. The van der Waals surface area contributed by atoms with Crippen molar-refractivity contribution < 1.29 is 13.9 Å². The second-order valence-corrected chi connectivity index (χ2v) is 3.08. The van der Waals surface area contributed by atoms with Crippen molar-refractivity contribution in [2.75, 3.05) is 0 Å². The van der Waals surface area contributed by atoms with Crippen LogP contribution in [0.4, 0.5) is 8.78 Å². The molecule has 0 aliphatic carbocycles. The van der Waals surface area contributed by atoms with Gasteiger partial charge in [-0.05, 0) is 5.56 Å². The van der Waals surface area contributed by atoms with E-state index in [2.05, 4.69) is 6.58 Å². The molecule has 1 rings (SSSR count). The Morgan fingerprint density at radius 1 is 1.36 bits per heavy atom. The maximum atomic E-state index is 12.7. The molecule has 0 aromatic heterocycles. The van der Waals surface area contributed by atoms with Crippen LogP contribution in [0.15, 0.2) is 43.0 Å². The third-order valence-corrected chi connectivity index (χ3v) is 2.09. The summed E-state index contributed by atoms with van der Waals surface area (Å²) in [4.78, 5) is 0. The van der Waals surface area contributed by atoms with Crippen LogP contribution < -0.4 is 0 Å². The topological polar surface area (TPSA) is 20.2 Å². The number of rotatable bonds is 4. The fourth-order valence-corrected chi connectivity index (χ4v) is 1.28. The van der Waals surface area contributed by atoms with Gasteiger partial charge in [-0.1, -0.05) is 36.4 Å². The number of aliphatic hydroxyl groups is 1. The molecule has 0 aliphatic heterocycles. The Hall–Kier alpha value is -1.22. The smallest absolute Gasteiger partial charge is 0.271 e. The lowest BCUT2D eigenvalue weighted by molar-refractivity contribution is -0.0996. The molecule has 76 valence electrons. The molecule has 3 heteroatoms. The van der Waals surface area contributed by atoms with Gasteiger partial charge in [-0.2, -0.15) is 0 Å². The largest absolute Gasteiger partial charge is 0.379 e. The fraction of sp³-hybridized carbons (Fsp3) is 0.273. The standard InChI is InChI=1S/C11H12F2O/c1-2-8-11(14,10(12)13)9-6-4-3-5-7-9/h2-7,10,14H,1,8H2. The van der Waals surface area contributed by atoms with Gasteiger partial charge in [-0.3, -0.25) is 0 Å². The average Bonchev–Trinajstić information content (AvgIpc) is 2.19. The normalized spacial score (nSPS) is 15.1. The summed E-state index contributed by atoms with van der Waals surface area (Å²) in [5.74, 6) is 0. The van der Waals surface area contributed by atoms with E-state index >= 15 is 0 Å². The Labute approximate surface area is 81.7 Å². The van der Waals surface area contributed by atoms with Gasteiger partial charge in [0.2, 0.25) is 0 Å². The zero-order valence-electron chi connectivity index (χ0n) is 7.66. The summed E-state index contributed by atoms with van der Waals surface area (Å²) in [5.41, 5.74) is -1.89. The summed E-state index contributed by atoms with van der Waals surface area (Å²) in [6.45, 7) is 3.36. The molecule has 0 aliphatic rings. The van der Waals surface area contributed by atoms with Gasteiger partial charge in [0.25, 0.3) is 6.43 Å². The maximum Gasteiger partial charge on any atom is 0.271 e. The van der Waals surface area contributed by atoms with E-state index in [1.165, 1.54) is 18.2 Å². The predicted octanol–water partition coefficient (Wildman–Crippen LogP) is 2.72. The molecule has 0 saturated heterocycles. The average molecular weight is 198 g/mol. The predicted molar refractivity (Wildman–Crippen MR) is 51.2 cm³/mol. The summed E-state index contributed by atoms with van der Waals surface area (Å²) in [7, 11) is 0. The molecular weight excluding hydrogens is 186 g/mol. The molecule has 0 saturated carbocycles. The Morgan fingerprint density at radius 2 is 1.93 bits per heavy atom. The molecule has 14 heavy (non-hydrogen) atoms. The first-order valence-electron chi connectivity index (χ1n) is 4.28. The third kappa shape index (κ3) is 1.99. The number of benzene rings is 1. The number of hydrogen-bond acceptors (Lipinski definition) is 1. The molecule has 1 aromatic carbocycles. The number of alkyl halides is 2. The van der Waals surface area contributed by atoms with Gasteiger partial charge in [0.1, 0.15) is 0 Å². The minimum Gasteiger partial charge on any atom is -0.379 e. The van der Waals surface area contributed by atoms with Crippen LogP contribution in [0.5, 0.6) is 0 Å². The SMILES string of the molecule is C=CCC(O)(c1ccccc1)C(F)F. The highest BCUT2D eigenvalue weighted by Gasteiger charge is 2.37. The molecule has 0 radical (unpaired) electrons. The van der Waals surface area contributed by atoms with E-state index in [4.69, 9.17) is 0 Å². The van der Waals surface area contributed by atoms with Crippen molar-refractivity contribution in [3.05, 3.63) is 48.6 Å². The van der Waals surface area contributed by atoms with Crippen LogP contribution in [0.3, 0.4) is 0 Å². The molecule has 1 atom stereocenters. The summed E-state index contributed by atoms with van der Waals surface area (Å²) < 4.78 is 25.3. The zero-order chi connectivity index (χ0) is 10.6. The van der Waals surface area contributed by atoms with Gasteiger partial charge in [0.05, 0.1) is 0 Å². The van der Waals surface area contributed by atoms with Crippen molar-refractivity contribution in [3.8, 4) is 0 Å². The first-order valence-corrected chi connectivity index (χ1v) is 4.28. The van der Waals surface area contributed by atoms with Crippen LogP contribution >= 0.6 is 0 Å². The number of hydrogen-bond donors (Lipinski definition) is 1. The molecule has 1 nitrogen and oxygen atoms in total. The van der Waals surface area contributed by atoms with Crippen molar-refractivity contribution in [3.63, 3.8) is 0 Å². The van der Waals surface area contributed by atoms with Crippen LogP contribution in [0.25, 0.3) is 0 Å². The third-order valence-electron chi connectivity index (χ3n) is 2.09. The van der Waals surface area contributed by atoms with Gasteiger partial charge in [0, 0.05) is 6.42 Å². The molecule has 1 aromatic rings. The second kappa shape index (κ2) is 4.33. The van der Waals surface area contributed by atoms with Crippen LogP contribution in [-0.4, -0.2) is 11.5 Å². The van der Waals surface area contributed by atoms with Gasteiger partial charge >= 0.3 is 0 Å². The molecule has 1 N–H and O–H groups in total. The van der Waals surface area contributed by atoms with E-state index in [0.717, 1.165) is 0 Å². The van der Waals surface area contributed by atoms with E-state index in [9.17, 15) is 13.9 Å². The van der Waals surface area contributed by atoms with Gasteiger partial charge < -0.3 is 5.11 Å². The van der Waals surface area contributed by atoms with Gasteiger partial charge in [-0.15, -0.1) is 6.58 Å². The first-order chi connectivity index (χ1) is 6.61. The highest BCUT2D eigenvalue weighted by Crippen LogP contribution is 2.31. The minimum atomic E-state index is -2.82. The lowest BCUT2D eigenvalue weighted by atomic mass is 9.91. The van der Waals surface area contributed by atoms with Gasteiger partial charge in [0.15, 0.2) is 5.60 Å². The Bertz CT molecular complexity index is 297. The van der Waals surface area contributed by atoms with Crippen molar-refractivity contribution in [1.82, 2.24) is 0 Å². The van der Waals surface area contributed by atoms with Crippen LogP contribution in [0, 0.1) is 0 Å². The summed E-state index contributed by atoms with van der Waals surface area (Å²) in [6.07, 6.45) is -1.68. The Morgan fingerprint density at radius 3 is 2.36 bits per heavy atom. The molecule has 0 spiro atoms. The van der Waals surface area contributed by atoms with Crippen LogP contribution in [0.1, 0.15) is 12.0 Å². The lowest BCUT2D eigenvalue weighted by Crippen LogP contribution is -2.33. The molecule has 0 fully saturated rings. The minimum absolute atomic E-state index is 0.158. The molecule has 1 unspecified atom stereocenters. The summed E-state index contributed by atoms with van der Waals surface area (Å²) in [5, 5.41) is 9.74. The van der Waals surface area contributed by atoms with E-state index in [1.54, 1.807) is 18.2 Å². The first kappa shape index (κ1) is 10.9. The highest BCUT2D eigenvalue weighted by molar-refractivity contribution is 5.23. The van der Waals surface area contributed by atoms with Crippen LogP contribution in [-0.2, 0) is 5.60 Å². The maximum absolute atomic E-state index is 12.7. The van der Waals surface area contributed by atoms with Crippen molar-refractivity contribution in [2.24, 2.45) is 0 Å². The Balaban J connectivity index is 3.05. The summed E-state index contributed by atoms with van der Waals surface area (Å²) >= 11 is 0. The second-order valence-electron chi connectivity index (χ2n) is 3.08. The zero-order valence-corrected chi connectivity index (χ0v) is 7.66. The fourth-order valence-electron chi connectivity index (χ4n) is 1.28.